The third-order valence-electron chi connectivity index (χ3n) is 3.50. The molecule has 1 heterocycles. The van der Waals surface area contributed by atoms with E-state index in [2.05, 4.69) is 29.0 Å². The summed E-state index contributed by atoms with van der Waals surface area (Å²) < 4.78 is 0. The van der Waals surface area contributed by atoms with Gasteiger partial charge in [-0.3, -0.25) is 4.79 Å². The Bertz CT molecular complexity index is 415. The van der Waals surface area contributed by atoms with E-state index < -0.39 is 0 Å². The van der Waals surface area contributed by atoms with E-state index in [1.807, 2.05) is 24.3 Å². The second-order valence-electron chi connectivity index (χ2n) is 4.47. The van der Waals surface area contributed by atoms with Crippen LogP contribution in [0.2, 0.25) is 0 Å². The lowest BCUT2D eigenvalue weighted by molar-refractivity contribution is 0.0947. The number of fused-ring (bicyclic) bond motifs is 1. The zero-order valence-electron chi connectivity index (χ0n) is 11.1. The fraction of sp³-hybridized carbons (Fsp3) is 0.500. The molecule has 0 saturated heterocycles. The number of hydrogen-bond donors (Lipinski definition) is 1. The second kappa shape index (κ2) is 5.87. The Morgan fingerprint density at radius 1 is 1.28 bits per heavy atom. The average molecular weight is 247 g/mol. The van der Waals surface area contributed by atoms with Gasteiger partial charge < -0.3 is 15.1 Å². The van der Waals surface area contributed by atoms with Gasteiger partial charge in [0, 0.05) is 13.1 Å². The van der Waals surface area contributed by atoms with Gasteiger partial charge in [-0.05, 0) is 25.2 Å². The lowest BCUT2D eigenvalue weighted by Gasteiger charge is -2.32. The summed E-state index contributed by atoms with van der Waals surface area (Å²) in [6.07, 6.45) is 0. The van der Waals surface area contributed by atoms with Crippen LogP contribution in [0.25, 0.3) is 0 Å². The van der Waals surface area contributed by atoms with Crippen molar-refractivity contribution >= 4 is 11.6 Å². The first kappa shape index (κ1) is 12.9. The fourth-order valence-corrected chi connectivity index (χ4v) is 2.29. The molecule has 0 unspecified atom stereocenters. The van der Waals surface area contributed by atoms with Crippen molar-refractivity contribution in [1.82, 2.24) is 10.2 Å². The Balaban J connectivity index is 2.07. The largest absolute Gasteiger partial charge is 0.352 e. The minimum absolute atomic E-state index is 0.0321. The minimum atomic E-state index is 0.0321. The molecule has 18 heavy (non-hydrogen) atoms. The molecule has 1 aromatic carbocycles. The first-order valence-corrected chi connectivity index (χ1v) is 6.60. The van der Waals surface area contributed by atoms with Crippen LogP contribution in [0.1, 0.15) is 24.2 Å². The number of likely N-dealkylation sites (N-methyl/N-ethyl adjacent to an activating group) is 1. The molecule has 0 aromatic heterocycles. The van der Waals surface area contributed by atoms with E-state index in [1.54, 1.807) is 0 Å². The molecule has 0 bridgehead atoms. The van der Waals surface area contributed by atoms with Gasteiger partial charge in [0.15, 0.2) is 0 Å². The maximum atomic E-state index is 11.7. The van der Waals surface area contributed by atoms with E-state index in [-0.39, 0.29) is 5.91 Å². The third-order valence-corrected chi connectivity index (χ3v) is 3.50. The Morgan fingerprint density at radius 3 is 2.72 bits per heavy atom. The van der Waals surface area contributed by atoms with Gasteiger partial charge in [0.25, 0.3) is 5.91 Å². The standard InChI is InChI=1S/C14H21N3O/c1-3-16(4-2)9-10-17-11-15-14(18)12-7-5-6-8-13(12)17/h5-8H,3-4,9-11H2,1-2H3,(H,15,18). The van der Waals surface area contributed by atoms with Crippen molar-refractivity contribution in [2.45, 2.75) is 13.8 Å². The van der Waals surface area contributed by atoms with Gasteiger partial charge in [-0.25, -0.2) is 0 Å². The number of carbonyl (C=O) groups is 1. The first-order chi connectivity index (χ1) is 8.76. The highest BCUT2D eigenvalue weighted by Crippen LogP contribution is 2.22. The summed E-state index contributed by atoms with van der Waals surface area (Å²) in [5, 5.41) is 2.92. The molecule has 4 heteroatoms. The van der Waals surface area contributed by atoms with Crippen LogP contribution in [0.15, 0.2) is 24.3 Å². The van der Waals surface area contributed by atoms with Crippen LogP contribution in [0.5, 0.6) is 0 Å². The quantitative estimate of drug-likeness (QED) is 0.857. The Morgan fingerprint density at radius 2 is 2.00 bits per heavy atom. The minimum Gasteiger partial charge on any atom is -0.352 e. The topological polar surface area (TPSA) is 35.6 Å². The lowest BCUT2D eigenvalue weighted by atomic mass is 10.1. The molecule has 0 spiro atoms. The molecular weight excluding hydrogens is 226 g/mol. The zero-order chi connectivity index (χ0) is 13.0. The average Bonchev–Trinajstić information content (AvgIpc) is 2.42. The predicted octanol–water partition coefficient (Wildman–Crippen LogP) is 1.54. The number of amides is 1. The molecule has 0 atom stereocenters. The van der Waals surface area contributed by atoms with E-state index in [0.717, 1.165) is 37.4 Å². The number of para-hydroxylation sites is 1. The van der Waals surface area contributed by atoms with Crippen LogP contribution >= 0.6 is 0 Å². The lowest BCUT2D eigenvalue weighted by Crippen LogP contribution is -2.46. The van der Waals surface area contributed by atoms with Gasteiger partial charge in [0.05, 0.1) is 17.9 Å². The van der Waals surface area contributed by atoms with E-state index in [4.69, 9.17) is 0 Å². The monoisotopic (exact) mass is 247 g/mol. The summed E-state index contributed by atoms with van der Waals surface area (Å²) >= 11 is 0. The molecule has 0 radical (unpaired) electrons. The smallest absolute Gasteiger partial charge is 0.254 e. The molecule has 1 amide bonds. The maximum Gasteiger partial charge on any atom is 0.254 e. The number of carbonyl (C=O) groups excluding carboxylic acids is 1. The van der Waals surface area contributed by atoms with Gasteiger partial charge in [-0.2, -0.15) is 0 Å². The van der Waals surface area contributed by atoms with Crippen molar-refractivity contribution in [2.24, 2.45) is 0 Å². The molecule has 1 aliphatic rings. The number of anilines is 1. The Labute approximate surface area is 109 Å². The van der Waals surface area contributed by atoms with Gasteiger partial charge in [0.1, 0.15) is 0 Å². The van der Waals surface area contributed by atoms with Crippen LogP contribution in [-0.2, 0) is 0 Å². The summed E-state index contributed by atoms with van der Waals surface area (Å²) in [6.45, 7) is 9.06. The number of benzene rings is 1. The van der Waals surface area contributed by atoms with Gasteiger partial charge in [-0.15, -0.1) is 0 Å². The highest BCUT2D eigenvalue weighted by Gasteiger charge is 2.21. The van der Waals surface area contributed by atoms with Crippen LogP contribution in [-0.4, -0.2) is 43.7 Å². The SMILES string of the molecule is CCN(CC)CCN1CNC(=O)c2ccccc21. The van der Waals surface area contributed by atoms with E-state index >= 15 is 0 Å². The first-order valence-electron chi connectivity index (χ1n) is 6.60. The molecule has 0 saturated carbocycles. The number of nitrogens with zero attached hydrogens (tertiary/aromatic N) is 2. The number of nitrogens with one attached hydrogen (secondary N) is 1. The number of hydrogen-bond acceptors (Lipinski definition) is 3. The van der Waals surface area contributed by atoms with Crippen molar-refractivity contribution in [2.75, 3.05) is 37.7 Å². The second-order valence-corrected chi connectivity index (χ2v) is 4.47. The van der Waals surface area contributed by atoms with Crippen LogP contribution < -0.4 is 10.2 Å². The van der Waals surface area contributed by atoms with Crippen molar-refractivity contribution in [1.29, 1.82) is 0 Å². The molecule has 1 aromatic rings. The van der Waals surface area contributed by atoms with E-state index in [9.17, 15) is 4.79 Å². The molecule has 1 aliphatic heterocycles. The fourth-order valence-electron chi connectivity index (χ4n) is 2.29. The highest BCUT2D eigenvalue weighted by atomic mass is 16.2. The highest BCUT2D eigenvalue weighted by molar-refractivity contribution is 6.01. The number of rotatable bonds is 5. The molecule has 0 aliphatic carbocycles. The van der Waals surface area contributed by atoms with Gasteiger partial charge in [-0.1, -0.05) is 26.0 Å². The summed E-state index contributed by atoms with van der Waals surface area (Å²) in [5.74, 6) is 0.0321. The zero-order valence-corrected chi connectivity index (χ0v) is 11.1. The van der Waals surface area contributed by atoms with Crippen LogP contribution in [0, 0.1) is 0 Å². The van der Waals surface area contributed by atoms with Gasteiger partial charge >= 0.3 is 0 Å². The normalized spacial score (nSPS) is 14.6. The van der Waals surface area contributed by atoms with Crippen LogP contribution in [0.3, 0.4) is 0 Å². The predicted molar refractivity (Wildman–Crippen MR) is 73.9 cm³/mol. The molecular formula is C14H21N3O. The summed E-state index contributed by atoms with van der Waals surface area (Å²) in [6, 6.07) is 7.80. The Kier molecular flexibility index (Phi) is 4.20. The third kappa shape index (κ3) is 2.64. The maximum absolute atomic E-state index is 11.7. The summed E-state index contributed by atoms with van der Waals surface area (Å²) in [5.41, 5.74) is 1.83. The molecule has 1 N–H and O–H groups in total. The molecule has 0 fully saturated rings. The van der Waals surface area contributed by atoms with Crippen molar-refractivity contribution in [3.63, 3.8) is 0 Å². The summed E-state index contributed by atoms with van der Waals surface area (Å²) in [7, 11) is 0. The summed E-state index contributed by atoms with van der Waals surface area (Å²) in [4.78, 5) is 16.4. The van der Waals surface area contributed by atoms with Crippen molar-refractivity contribution < 1.29 is 4.79 Å². The molecule has 98 valence electrons. The van der Waals surface area contributed by atoms with E-state index in [0.29, 0.717) is 6.67 Å². The molecule has 4 nitrogen and oxygen atoms in total. The van der Waals surface area contributed by atoms with Crippen molar-refractivity contribution in [3.8, 4) is 0 Å². The van der Waals surface area contributed by atoms with E-state index in [1.165, 1.54) is 0 Å². The Hall–Kier alpha value is -1.55. The molecule has 2 rings (SSSR count). The van der Waals surface area contributed by atoms with Crippen molar-refractivity contribution in [3.05, 3.63) is 29.8 Å². The van der Waals surface area contributed by atoms with Crippen LogP contribution in [0.4, 0.5) is 5.69 Å². The van der Waals surface area contributed by atoms with Gasteiger partial charge in [0.2, 0.25) is 0 Å².